The Bertz CT molecular complexity index is 472. The third kappa shape index (κ3) is 2.82. The van der Waals surface area contributed by atoms with Crippen molar-refractivity contribution in [2.24, 2.45) is 0 Å². The van der Waals surface area contributed by atoms with Crippen molar-refractivity contribution in [1.82, 2.24) is 9.88 Å². The highest BCUT2D eigenvalue weighted by atomic mass is 16.7. The molecule has 2 aliphatic heterocycles. The van der Waals surface area contributed by atoms with Gasteiger partial charge in [-0.1, -0.05) is 6.07 Å². The molecule has 0 saturated carbocycles. The molecule has 2 saturated heterocycles. The highest BCUT2D eigenvalue weighted by Crippen LogP contribution is 2.31. The van der Waals surface area contributed by atoms with E-state index < -0.39 is 5.97 Å². The van der Waals surface area contributed by atoms with Gasteiger partial charge in [0.05, 0.1) is 13.2 Å². The number of piperidine rings is 1. The predicted octanol–water partition coefficient (Wildman–Crippen LogP) is 1.12. The predicted molar refractivity (Wildman–Crippen MR) is 70.3 cm³/mol. The number of aromatic carboxylic acids is 1. The molecule has 3 rings (SSSR count). The monoisotopic (exact) mass is 278 g/mol. The number of rotatable bonds is 3. The van der Waals surface area contributed by atoms with Gasteiger partial charge in [-0.2, -0.15) is 0 Å². The normalized spacial score (nSPS) is 22.2. The van der Waals surface area contributed by atoms with Gasteiger partial charge in [-0.05, 0) is 11.6 Å². The van der Waals surface area contributed by atoms with Crippen molar-refractivity contribution in [3.63, 3.8) is 0 Å². The van der Waals surface area contributed by atoms with Gasteiger partial charge in [0.15, 0.2) is 5.79 Å². The number of hydrogen-bond donors (Lipinski definition) is 1. The van der Waals surface area contributed by atoms with E-state index in [2.05, 4.69) is 9.88 Å². The Balaban J connectivity index is 1.55. The third-order valence-electron chi connectivity index (χ3n) is 3.88. The lowest BCUT2D eigenvalue weighted by Gasteiger charge is -2.37. The van der Waals surface area contributed by atoms with Crippen molar-refractivity contribution in [2.45, 2.75) is 25.2 Å². The maximum Gasteiger partial charge on any atom is 0.354 e. The van der Waals surface area contributed by atoms with Gasteiger partial charge in [0.2, 0.25) is 0 Å². The summed E-state index contributed by atoms with van der Waals surface area (Å²) in [6.07, 6.45) is 3.40. The fourth-order valence-electron chi connectivity index (χ4n) is 2.74. The summed E-state index contributed by atoms with van der Waals surface area (Å²) in [6.45, 7) is 4.01. The van der Waals surface area contributed by atoms with Crippen molar-refractivity contribution in [3.05, 3.63) is 29.6 Å². The second-order valence-corrected chi connectivity index (χ2v) is 5.24. The van der Waals surface area contributed by atoms with Crippen molar-refractivity contribution < 1.29 is 19.4 Å². The van der Waals surface area contributed by atoms with E-state index in [1.165, 1.54) is 0 Å². The van der Waals surface area contributed by atoms with Crippen molar-refractivity contribution in [1.29, 1.82) is 0 Å². The molecule has 0 unspecified atom stereocenters. The summed E-state index contributed by atoms with van der Waals surface area (Å²) in [6, 6.07) is 3.37. The molecule has 6 heteroatoms. The van der Waals surface area contributed by atoms with Crippen LogP contribution in [0.5, 0.6) is 0 Å². The lowest BCUT2D eigenvalue weighted by atomic mass is 10.0. The lowest BCUT2D eigenvalue weighted by molar-refractivity contribution is -0.185. The molecular formula is C14H18N2O4. The molecule has 108 valence electrons. The zero-order chi connectivity index (χ0) is 14.0. The first-order valence-corrected chi connectivity index (χ1v) is 6.85. The Morgan fingerprint density at radius 3 is 2.55 bits per heavy atom. The van der Waals surface area contributed by atoms with Crippen LogP contribution in [0.2, 0.25) is 0 Å². The van der Waals surface area contributed by atoms with Gasteiger partial charge in [0.1, 0.15) is 5.69 Å². The van der Waals surface area contributed by atoms with Crippen LogP contribution in [0.1, 0.15) is 28.9 Å². The molecule has 3 heterocycles. The van der Waals surface area contributed by atoms with Gasteiger partial charge in [-0.25, -0.2) is 9.78 Å². The Labute approximate surface area is 117 Å². The highest BCUT2D eigenvalue weighted by Gasteiger charge is 2.39. The van der Waals surface area contributed by atoms with E-state index >= 15 is 0 Å². The highest BCUT2D eigenvalue weighted by molar-refractivity contribution is 5.85. The minimum atomic E-state index is -0.994. The van der Waals surface area contributed by atoms with Crippen molar-refractivity contribution in [3.8, 4) is 0 Å². The van der Waals surface area contributed by atoms with Crippen LogP contribution < -0.4 is 0 Å². The standard InChI is InChI=1S/C14H18N2O4/c17-13(18)12-2-1-11(9-15-12)10-16-5-3-14(4-6-16)19-7-8-20-14/h1-2,9H,3-8,10H2,(H,17,18). The summed E-state index contributed by atoms with van der Waals surface area (Å²) in [5.74, 6) is -1.34. The number of nitrogens with zero attached hydrogens (tertiary/aromatic N) is 2. The first-order chi connectivity index (χ1) is 9.67. The summed E-state index contributed by atoms with van der Waals surface area (Å²) < 4.78 is 11.4. The molecule has 2 fully saturated rings. The summed E-state index contributed by atoms with van der Waals surface area (Å²) in [5.41, 5.74) is 1.11. The zero-order valence-electron chi connectivity index (χ0n) is 11.2. The maximum atomic E-state index is 10.7. The molecule has 6 nitrogen and oxygen atoms in total. The van der Waals surface area contributed by atoms with Gasteiger partial charge >= 0.3 is 5.97 Å². The van der Waals surface area contributed by atoms with E-state index in [0.717, 1.165) is 38.0 Å². The van der Waals surface area contributed by atoms with E-state index in [1.54, 1.807) is 12.3 Å². The summed E-state index contributed by atoms with van der Waals surface area (Å²) in [7, 11) is 0. The molecule has 1 spiro atoms. The summed E-state index contributed by atoms with van der Waals surface area (Å²) in [4.78, 5) is 17.0. The fourth-order valence-corrected chi connectivity index (χ4v) is 2.74. The van der Waals surface area contributed by atoms with E-state index in [4.69, 9.17) is 14.6 Å². The topological polar surface area (TPSA) is 71.9 Å². The lowest BCUT2D eigenvalue weighted by Crippen LogP contribution is -2.44. The molecule has 1 N–H and O–H groups in total. The van der Waals surface area contributed by atoms with E-state index in [0.29, 0.717) is 13.2 Å². The molecule has 20 heavy (non-hydrogen) atoms. The van der Waals surface area contributed by atoms with Crippen LogP contribution in [-0.2, 0) is 16.0 Å². The number of likely N-dealkylation sites (tertiary alicyclic amines) is 1. The van der Waals surface area contributed by atoms with Crippen LogP contribution in [0.3, 0.4) is 0 Å². The Morgan fingerprint density at radius 1 is 1.30 bits per heavy atom. The van der Waals surface area contributed by atoms with Crippen LogP contribution >= 0.6 is 0 Å². The SMILES string of the molecule is O=C(O)c1ccc(CN2CCC3(CC2)OCCO3)cn1. The molecule has 0 aromatic carbocycles. The fraction of sp³-hybridized carbons (Fsp3) is 0.571. The first-order valence-electron chi connectivity index (χ1n) is 6.85. The second-order valence-electron chi connectivity index (χ2n) is 5.24. The smallest absolute Gasteiger partial charge is 0.354 e. The summed E-state index contributed by atoms with van der Waals surface area (Å²) >= 11 is 0. The van der Waals surface area contributed by atoms with E-state index in [9.17, 15) is 4.79 Å². The molecule has 2 aliphatic rings. The van der Waals surface area contributed by atoms with Crippen molar-refractivity contribution >= 4 is 5.97 Å². The van der Waals surface area contributed by atoms with Crippen LogP contribution in [-0.4, -0.2) is 53.1 Å². The molecule has 1 aromatic rings. The number of pyridine rings is 1. The van der Waals surface area contributed by atoms with E-state index in [1.807, 2.05) is 6.07 Å². The Kier molecular flexibility index (Phi) is 3.69. The Hall–Kier alpha value is -1.50. The van der Waals surface area contributed by atoms with Gasteiger partial charge in [-0.15, -0.1) is 0 Å². The second kappa shape index (κ2) is 5.47. The molecule has 0 radical (unpaired) electrons. The number of carbonyl (C=O) groups is 1. The average Bonchev–Trinajstić information content (AvgIpc) is 2.91. The number of aromatic nitrogens is 1. The van der Waals surface area contributed by atoms with Gasteiger partial charge < -0.3 is 14.6 Å². The quantitative estimate of drug-likeness (QED) is 0.893. The van der Waals surface area contributed by atoms with E-state index in [-0.39, 0.29) is 11.5 Å². The number of carboxylic acid groups (broad SMARTS) is 1. The van der Waals surface area contributed by atoms with Crippen LogP contribution in [0.25, 0.3) is 0 Å². The zero-order valence-corrected chi connectivity index (χ0v) is 11.2. The number of carboxylic acids is 1. The molecule has 0 amide bonds. The molecule has 0 atom stereocenters. The average molecular weight is 278 g/mol. The molecule has 0 bridgehead atoms. The van der Waals surface area contributed by atoms with Crippen LogP contribution in [0.4, 0.5) is 0 Å². The van der Waals surface area contributed by atoms with Crippen molar-refractivity contribution in [2.75, 3.05) is 26.3 Å². The maximum absolute atomic E-state index is 10.7. The summed E-state index contributed by atoms with van der Waals surface area (Å²) in [5, 5.41) is 8.81. The van der Waals surface area contributed by atoms with Gasteiger partial charge in [0.25, 0.3) is 0 Å². The first kappa shape index (κ1) is 13.5. The van der Waals surface area contributed by atoms with Gasteiger partial charge in [-0.3, -0.25) is 4.90 Å². The number of ether oxygens (including phenoxy) is 2. The largest absolute Gasteiger partial charge is 0.477 e. The minimum Gasteiger partial charge on any atom is -0.477 e. The third-order valence-corrected chi connectivity index (χ3v) is 3.88. The van der Waals surface area contributed by atoms with Crippen LogP contribution in [0.15, 0.2) is 18.3 Å². The van der Waals surface area contributed by atoms with Gasteiger partial charge in [0, 0.05) is 38.7 Å². The Morgan fingerprint density at radius 2 is 2.00 bits per heavy atom. The minimum absolute atomic E-state index is 0.0825. The van der Waals surface area contributed by atoms with Crippen LogP contribution in [0, 0.1) is 0 Å². The molecule has 1 aromatic heterocycles. The molecule has 0 aliphatic carbocycles. The number of hydrogen-bond acceptors (Lipinski definition) is 5. The molecular weight excluding hydrogens is 260 g/mol.